The summed E-state index contributed by atoms with van der Waals surface area (Å²) in [6, 6.07) is 3.11. The third-order valence-corrected chi connectivity index (χ3v) is 3.50. The molecule has 1 fully saturated rings. The second-order valence-electron chi connectivity index (χ2n) is 5.19. The van der Waals surface area contributed by atoms with Crippen LogP contribution in [0, 0.1) is 0 Å². The number of aromatic nitrogens is 1. The molecule has 114 valence electrons. The number of amides is 2. The van der Waals surface area contributed by atoms with Crippen LogP contribution in [0.5, 0.6) is 0 Å². The molecule has 0 spiro atoms. The van der Waals surface area contributed by atoms with Gasteiger partial charge in [-0.1, -0.05) is 0 Å². The van der Waals surface area contributed by atoms with Gasteiger partial charge in [-0.25, -0.2) is 0 Å². The minimum Gasteiger partial charge on any atom is -0.374 e. The van der Waals surface area contributed by atoms with Gasteiger partial charge in [-0.15, -0.1) is 0 Å². The number of nitrogens with zero attached hydrogens (tertiary/aromatic N) is 2. The third kappa shape index (κ3) is 3.93. The number of pyridine rings is 1. The van der Waals surface area contributed by atoms with E-state index in [2.05, 4.69) is 15.6 Å². The number of carbonyl (C=O) groups excluding carboxylic acids is 2. The van der Waals surface area contributed by atoms with Crippen molar-refractivity contribution in [3.63, 3.8) is 0 Å². The summed E-state index contributed by atoms with van der Waals surface area (Å²) in [5.74, 6) is -0.108. The van der Waals surface area contributed by atoms with Crippen molar-refractivity contribution >= 4 is 17.5 Å². The Morgan fingerprint density at radius 2 is 2.10 bits per heavy atom. The van der Waals surface area contributed by atoms with E-state index >= 15 is 0 Å². The van der Waals surface area contributed by atoms with Crippen LogP contribution < -0.4 is 10.6 Å². The summed E-state index contributed by atoms with van der Waals surface area (Å²) in [6.45, 7) is 5.93. The highest BCUT2D eigenvalue weighted by molar-refractivity contribution is 5.93. The summed E-state index contributed by atoms with van der Waals surface area (Å²) < 4.78 is 0. The molecule has 2 N–H and O–H groups in total. The normalized spacial score (nSPS) is 15.6. The first kappa shape index (κ1) is 15.3. The summed E-state index contributed by atoms with van der Waals surface area (Å²) in [7, 11) is 0. The molecule has 2 rings (SSSR count). The first-order chi connectivity index (χ1) is 10.1. The summed E-state index contributed by atoms with van der Waals surface area (Å²) in [5, 5.41) is 5.85. The molecule has 2 heterocycles. The molecule has 1 aromatic rings. The molecule has 0 bridgehead atoms. The van der Waals surface area contributed by atoms with Gasteiger partial charge in [-0.05, 0) is 38.8 Å². The van der Waals surface area contributed by atoms with Crippen molar-refractivity contribution in [3.05, 3.63) is 24.0 Å². The number of rotatable bonds is 5. The van der Waals surface area contributed by atoms with Crippen molar-refractivity contribution in [2.75, 3.05) is 25.0 Å². The molecule has 1 aliphatic heterocycles. The lowest BCUT2D eigenvalue weighted by Crippen LogP contribution is -2.39. The van der Waals surface area contributed by atoms with Gasteiger partial charge in [0.05, 0.1) is 0 Å². The number of anilines is 1. The SMILES string of the molecule is CCNC(=O)c1cc(NC(C)C(=O)N2CCCC2)ccn1. The predicted molar refractivity (Wildman–Crippen MR) is 81.1 cm³/mol. The van der Waals surface area contributed by atoms with E-state index in [0.717, 1.165) is 31.6 Å². The van der Waals surface area contributed by atoms with Crippen molar-refractivity contribution in [2.45, 2.75) is 32.7 Å². The fraction of sp³-hybridized carbons (Fsp3) is 0.533. The molecule has 1 aromatic heterocycles. The van der Waals surface area contributed by atoms with Gasteiger partial charge in [0.25, 0.3) is 5.91 Å². The van der Waals surface area contributed by atoms with Crippen molar-refractivity contribution in [3.8, 4) is 0 Å². The molecule has 0 radical (unpaired) electrons. The molecule has 0 aliphatic carbocycles. The Balaban J connectivity index is 2.00. The molecule has 6 nitrogen and oxygen atoms in total. The Morgan fingerprint density at radius 3 is 2.76 bits per heavy atom. The van der Waals surface area contributed by atoms with Crippen molar-refractivity contribution in [1.82, 2.24) is 15.2 Å². The molecule has 2 amide bonds. The molecule has 1 unspecified atom stereocenters. The number of carbonyl (C=O) groups is 2. The standard InChI is InChI=1S/C15H22N4O2/c1-3-16-14(20)13-10-12(6-7-17-13)18-11(2)15(21)19-8-4-5-9-19/h6-7,10-11H,3-5,8-9H2,1-2H3,(H,16,20)(H,17,18). The van der Waals surface area contributed by atoms with E-state index in [-0.39, 0.29) is 17.9 Å². The highest BCUT2D eigenvalue weighted by atomic mass is 16.2. The largest absolute Gasteiger partial charge is 0.374 e. The van der Waals surface area contributed by atoms with Gasteiger partial charge in [0.2, 0.25) is 5.91 Å². The molecule has 1 saturated heterocycles. The van der Waals surface area contributed by atoms with Crippen LogP contribution in [0.15, 0.2) is 18.3 Å². The lowest BCUT2D eigenvalue weighted by Gasteiger charge is -2.22. The summed E-state index contributed by atoms with van der Waals surface area (Å²) in [5.41, 5.74) is 1.08. The maximum Gasteiger partial charge on any atom is 0.269 e. The summed E-state index contributed by atoms with van der Waals surface area (Å²) in [4.78, 5) is 29.9. The minimum absolute atomic E-state index is 0.101. The highest BCUT2D eigenvalue weighted by Gasteiger charge is 2.23. The molecule has 6 heteroatoms. The van der Waals surface area contributed by atoms with E-state index in [9.17, 15) is 9.59 Å². The molecule has 1 atom stereocenters. The topological polar surface area (TPSA) is 74.3 Å². The van der Waals surface area contributed by atoms with Crippen molar-refractivity contribution in [2.24, 2.45) is 0 Å². The van der Waals surface area contributed by atoms with Crippen LogP contribution in [-0.2, 0) is 4.79 Å². The third-order valence-electron chi connectivity index (χ3n) is 3.50. The molecular weight excluding hydrogens is 268 g/mol. The number of hydrogen-bond acceptors (Lipinski definition) is 4. The fourth-order valence-electron chi connectivity index (χ4n) is 2.42. The Bertz CT molecular complexity index is 512. The Morgan fingerprint density at radius 1 is 1.38 bits per heavy atom. The second kappa shape index (κ2) is 7.06. The fourth-order valence-corrected chi connectivity index (χ4v) is 2.42. The zero-order valence-electron chi connectivity index (χ0n) is 12.6. The molecule has 0 saturated carbocycles. The Hall–Kier alpha value is -2.11. The van der Waals surface area contributed by atoms with Gasteiger partial charge in [-0.2, -0.15) is 0 Å². The van der Waals surface area contributed by atoms with Gasteiger partial charge in [-0.3, -0.25) is 14.6 Å². The monoisotopic (exact) mass is 290 g/mol. The van der Waals surface area contributed by atoms with Crippen molar-refractivity contribution < 1.29 is 9.59 Å². The van der Waals surface area contributed by atoms with Crippen LogP contribution in [0.1, 0.15) is 37.2 Å². The van der Waals surface area contributed by atoms with Crippen LogP contribution >= 0.6 is 0 Å². The molecule has 1 aliphatic rings. The average molecular weight is 290 g/mol. The molecule has 21 heavy (non-hydrogen) atoms. The van der Waals surface area contributed by atoms with Crippen molar-refractivity contribution in [1.29, 1.82) is 0 Å². The van der Waals surface area contributed by atoms with E-state index in [0.29, 0.717) is 12.2 Å². The number of likely N-dealkylation sites (tertiary alicyclic amines) is 1. The summed E-state index contributed by atoms with van der Waals surface area (Å²) in [6.07, 6.45) is 3.73. The first-order valence-corrected chi connectivity index (χ1v) is 7.41. The van der Waals surface area contributed by atoms with E-state index in [1.807, 2.05) is 18.7 Å². The second-order valence-corrected chi connectivity index (χ2v) is 5.19. The van der Waals surface area contributed by atoms with Gasteiger partial charge < -0.3 is 15.5 Å². The molecule has 0 aromatic carbocycles. The lowest BCUT2D eigenvalue weighted by molar-refractivity contribution is -0.130. The van der Waals surface area contributed by atoms with E-state index in [1.54, 1.807) is 18.3 Å². The number of hydrogen-bond donors (Lipinski definition) is 2. The Labute approximate surface area is 124 Å². The van der Waals surface area contributed by atoms with Crippen LogP contribution in [0.3, 0.4) is 0 Å². The maximum atomic E-state index is 12.2. The predicted octanol–water partition coefficient (Wildman–Crippen LogP) is 1.25. The first-order valence-electron chi connectivity index (χ1n) is 7.41. The average Bonchev–Trinajstić information content (AvgIpc) is 3.01. The van der Waals surface area contributed by atoms with E-state index < -0.39 is 0 Å². The van der Waals surface area contributed by atoms with Crippen LogP contribution in [0.25, 0.3) is 0 Å². The lowest BCUT2D eigenvalue weighted by atomic mass is 10.2. The smallest absolute Gasteiger partial charge is 0.269 e. The quantitative estimate of drug-likeness (QED) is 0.856. The van der Waals surface area contributed by atoms with Gasteiger partial charge >= 0.3 is 0 Å². The van der Waals surface area contributed by atoms with E-state index in [4.69, 9.17) is 0 Å². The number of nitrogens with one attached hydrogen (secondary N) is 2. The van der Waals surface area contributed by atoms with Gasteiger partial charge in [0.1, 0.15) is 11.7 Å². The van der Waals surface area contributed by atoms with Crippen LogP contribution in [0.4, 0.5) is 5.69 Å². The van der Waals surface area contributed by atoms with Crippen LogP contribution in [0.2, 0.25) is 0 Å². The van der Waals surface area contributed by atoms with E-state index in [1.165, 1.54) is 0 Å². The highest BCUT2D eigenvalue weighted by Crippen LogP contribution is 2.13. The minimum atomic E-state index is -0.312. The van der Waals surface area contributed by atoms with Gasteiger partial charge in [0, 0.05) is 31.5 Å². The zero-order valence-corrected chi connectivity index (χ0v) is 12.6. The maximum absolute atomic E-state index is 12.2. The summed E-state index contributed by atoms with van der Waals surface area (Å²) >= 11 is 0. The van der Waals surface area contributed by atoms with Crippen LogP contribution in [-0.4, -0.2) is 47.4 Å². The molecular formula is C15H22N4O2. The Kier molecular flexibility index (Phi) is 5.14. The zero-order chi connectivity index (χ0) is 15.2. The van der Waals surface area contributed by atoms with Gasteiger partial charge in [0.15, 0.2) is 0 Å².